The molecule has 26 heavy (non-hydrogen) atoms. The van der Waals surface area contributed by atoms with Gasteiger partial charge in [-0.1, -0.05) is 35.5 Å². The van der Waals surface area contributed by atoms with E-state index in [1.165, 1.54) is 17.6 Å². The highest BCUT2D eigenvalue weighted by atomic mass is 35.5. The summed E-state index contributed by atoms with van der Waals surface area (Å²) in [5.74, 6) is -0.789. The van der Waals surface area contributed by atoms with Crippen molar-refractivity contribution in [2.45, 2.75) is 9.10 Å². The molecule has 0 saturated heterocycles. The lowest BCUT2D eigenvalue weighted by Crippen LogP contribution is -2.23. The van der Waals surface area contributed by atoms with Crippen LogP contribution in [0.4, 0.5) is 0 Å². The van der Waals surface area contributed by atoms with Crippen molar-refractivity contribution in [3.63, 3.8) is 0 Å². The Kier molecular flexibility index (Phi) is 4.63. The summed E-state index contributed by atoms with van der Waals surface area (Å²) in [6.45, 7) is 0. The molecule has 4 rings (SSSR count). The standard InChI is InChI=1S/C19H11ClN2O2S2/c20-12-5-7-13(8-6-12)25-17-10-9-14(26-17)11-21-22-18(23)15-3-1-2-4-16(15)19(22)24/h1-11H/b21-11-. The molecule has 4 nitrogen and oxygen atoms in total. The van der Waals surface area contributed by atoms with Crippen LogP contribution in [0.25, 0.3) is 0 Å². The molecule has 128 valence electrons. The van der Waals surface area contributed by atoms with Crippen LogP contribution < -0.4 is 0 Å². The van der Waals surface area contributed by atoms with Gasteiger partial charge in [-0.2, -0.15) is 10.1 Å². The van der Waals surface area contributed by atoms with E-state index in [2.05, 4.69) is 5.10 Å². The van der Waals surface area contributed by atoms with Crippen molar-refractivity contribution in [2.75, 3.05) is 0 Å². The van der Waals surface area contributed by atoms with Gasteiger partial charge in [0.1, 0.15) is 0 Å². The number of carbonyl (C=O) groups excluding carboxylic acids is 2. The normalized spacial score (nSPS) is 13.7. The molecule has 0 N–H and O–H groups in total. The third-order valence-corrected chi connectivity index (χ3v) is 6.12. The van der Waals surface area contributed by atoms with Crippen molar-refractivity contribution in [3.05, 3.63) is 81.7 Å². The average molecular weight is 399 g/mol. The molecule has 2 amide bonds. The van der Waals surface area contributed by atoms with Crippen LogP contribution in [0.5, 0.6) is 0 Å². The highest BCUT2D eigenvalue weighted by molar-refractivity contribution is 8.01. The van der Waals surface area contributed by atoms with Crippen LogP contribution in [0.2, 0.25) is 5.02 Å². The zero-order valence-corrected chi connectivity index (χ0v) is 15.6. The molecular weight excluding hydrogens is 388 g/mol. The van der Waals surface area contributed by atoms with E-state index in [-0.39, 0.29) is 0 Å². The van der Waals surface area contributed by atoms with Crippen LogP contribution in [0.1, 0.15) is 25.6 Å². The van der Waals surface area contributed by atoms with E-state index in [9.17, 15) is 9.59 Å². The third kappa shape index (κ3) is 3.31. The fourth-order valence-corrected chi connectivity index (χ4v) is 4.59. The number of thiophene rings is 1. The van der Waals surface area contributed by atoms with Gasteiger partial charge in [0.05, 0.1) is 21.6 Å². The molecule has 0 atom stereocenters. The van der Waals surface area contributed by atoms with E-state index >= 15 is 0 Å². The third-order valence-electron chi connectivity index (χ3n) is 3.71. The number of amides is 2. The molecule has 0 spiro atoms. The average Bonchev–Trinajstić information content (AvgIpc) is 3.19. The van der Waals surface area contributed by atoms with Crippen LogP contribution in [-0.4, -0.2) is 23.0 Å². The predicted molar refractivity (Wildman–Crippen MR) is 104 cm³/mol. The minimum atomic E-state index is -0.394. The lowest BCUT2D eigenvalue weighted by atomic mass is 10.1. The second kappa shape index (κ2) is 7.07. The summed E-state index contributed by atoms with van der Waals surface area (Å²) in [6, 6.07) is 18.2. The maximum atomic E-state index is 12.3. The molecule has 1 aliphatic rings. The first-order valence-corrected chi connectivity index (χ1v) is 9.68. The zero-order chi connectivity index (χ0) is 18.1. The minimum absolute atomic E-state index is 0.389. The maximum Gasteiger partial charge on any atom is 0.282 e. The summed E-state index contributed by atoms with van der Waals surface area (Å²) in [4.78, 5) is 26.5. The second-order valence-corrected chi connectivity index (χ2v) is 8.35. The first-order valence-electron chi connectivity index (χ1n) is 7.67. The largest absolute Gasteiger partial charge is 0.282 e. The van der Waals surface area contributed by atoms with Gasteiger partial charge in [-0.25, -0.2) is 0 Å². The van der Waals surface area contributed by atoms with Gasteiger partial charge in [0.15, 0.2) is 0 Å². The number of halogens is 1. The van der Waals surface area contributed by atoms with E-state index < -0.39 is 11.8 Å². The van der Waals surface area contributed by atoms with Gasteiger partial charge < -0.3 is 0 Å². The summed E-state index contributed by atoms with van der Waals surface area (Å²) < 4.78 is 1.08. The van der Waals surface area contributed by atoms with Crippen molar-refractivity contribution in [2.24, 2.45) is 5.10 Å². The van der Waals surface area contributed by atoms with Gasteiger partial charge in [-0.3, -0.25) is 9.59 Å². The van der Waals surface area contributed by atoms with Gasteiger partial charge in [0, 0.05) is 14.8 Å². The Bertz CT molecular complexity index is 993. The molecule has 1 aromatic heterocycles. The molecule has 3 aromatic rings. The zero-order valence-electron chi connectivity index (χ0n) is 13.3. The van der Waals surface area contributed by atoms with Gasteiger partial charge in [-0.05, 0) is 48.5 Å². The predicted octanol–water partition coefficient (Wildman–Crippen LogP) is 5.18. The summed E-state index contributed by atoms with van der Waals surface area (Å²) in [5, 5.41) is 5.71. The number of imide groups is 1. The van der Waals surface area contributed by atoms with Crippen LogP contribution in [-0.2, 0) is 0 Å². The molecule has 2 heterocycles. The Labute approximate surface area is 163 Å². The maximum absolute atomic E-state index is 12.3. The Morgan fingerprint density at radius 3 is 2.23 bits per heavy atom. The fraction of sp³-hybridized carbons (Fsp3) is 0. The van der Waals surface area contributed by atoms with E-state index in [1.807, 2.05) is 36.4 Å². The fourth-order valence-electron chi connectivity index (χ4n) is 2.47. The topological polar surface area (TPSA) is 49.7 Å². The smallest absolute Gasteiger partial charge is 0.267 e. The number of hydrogen-bond donors (Lipinski definition) is 0. The van der Waals surface area contributed by atoms with Crippen molar-refractivity contribution >= 4 is 52.7 Å². The van der Waals surface area contributed by atoms with Crippen LogP contribution >= 0.6 is 34.7 Å². The molecular formula is C19H11ClN2O2S2. The number of hydrazone groups is 1. The lowest BCUT2D eigenvalue weighted by Gasteiger charge is -2.04. The number of nitrogens with zero attached hydrogens (tertiary/aromatic N) is 2. The molecule has 1 aliphatic heterocycles. The highest BCUT2D eigenvalue weighted by Gasteiger charge is 2.35. The van der Waals surface area contributed by atoms with Crippen LogP contribution in [0.3, 0.4) is 0 Å². The Hall–Kier alpha value is -2.41. The number of carbonyl (C=O) groups is 2. The Morgan fingerprint density at radius 2 is 1.58 bits per heavy atom. The molecule has 0 saturated carbocycles. The highest BCUT2D eigenvalue weighted by Crippen LogP contribution is 2.33. The van der Waals surface area contributed by atoms with Crippen molar-refractivity contribution in [1.29, 1.82) is 0 Å². The number of hydrogen-bond acceptors (Lipinski definition) is 5. The van der Waals surface area contributed by atoms with Crippen LogP contribution in [0, 0.1) is 0 Å². The summed E-state index contributed by atoms with van der Waals surface area (Å²) in [5.41, 5.74) is 0.777. The summed E-state index contributed by atoms with van der Waals surface area (Å²) in [6.07, 6.45) is 1.54. The van der Waals surface area contributed by atoms with Gasteiger partial charge in [0.25, 0.3) is 11.8 Å². The molecule has 0 radical (unpaired) electrons. The minimum Gasteiger partial charge on any atom is -0.267 e. The quantitative estimate of drug-likeness (QED) is 0.449. The lowest BCUT2D eigenvalue weighted by molar-refractivity contribution is 0.0660. The van der Waals surface area contributed by atoms with E-state index in [4.69, 9.17) is 11.6 Å². The molecule has 0 fully saturated rings. The van der Waals surface area contributed by atoms with E-state index in [1.54, 1.807) is 36.0 Å². The number of rotatable bonds is 4. The van der Waals surface area contributed by atoms with Crippen molar-refractivity contribution in [3.8, 4) is 0 Å². The monoisotopic (exact) mass is 398 g/mol. The van der Waals surface area contributed by atoms with Gasteiger partial charge >= 0.3 is 0 Å². The van der Waals surface area contributed by atoms with Crippen molar-refractivity contribution < 1.29 is 9.59 Å². The SMILES string of the molecule is O=C1c2ccccc2C(=O)N1/N=C\c1ccc(Sc2ccc(Cl)cc2)s1. The molecule has 7 heteroatoms. The van der Waals surface area contributed by atoms with Crippen molar-refractivity contribution in [1.82, 2.24) is 5.01 Å². The first kappa shape index (κ1) is 17.0. The molecule has 0 bridgehead atoms. The van der Waals surface area contributed by atoms with Gasteiger partial charge in [-0.15, -0.1) is 11.3 Å². The van der Waals surface area contributed by atoms with Gasteiger partial charge in [0.2, 0.25) is 0 Å². The first-order chi connectivity index (χ1) is 12.6. The Morgan fingerprint density at radius 1 is 0.923 bits per heavy atom. The second-order valence-electron chi connectivity index (χ2n) is 5.43. The van der Waals surface area contributed by atoms with Crippen LogP contribution in [0.15, 0.2) is 74.9 Å². The number of benzene rings is 2. The summed E-state index contributed by atoms with van der Waals surface area (Å²) in [7, 11) is 0. The van der Waals surface area contributed by atoms with E-state index in [0.29, 0.717) is 16.1 Å². The molecule has 0 unspecified atom stereocenters. The molecule has 0 aliphatic carbocycles. The number of fused-ring (bicyclic) bond motifs is 1. The molecule has 2 aromatic carbocycles. The van der Waals surface area contributed by atoms with E-state index in [0.717, 1.165) is 19.0 Å². The summed E-state index contributed by atoms with van der Waals surface area (Å²) >= 11 is 9.05. The Balaban J connectivity index is 1.48.